The Morgan fingerprint density at radius 3 is 2.60 bits per heavy atom. The number of rotatable bonds is 2. The number of hydrogen-bond acceptors (Lipinski definition) is 4. The van der Waals surface area contributed by atoms with Crippen LogP contribution in [0.25, 0.3) is 10.8 Å². The smallest absolute Gasteiger partial charge is 0.319 e. The summed E-state index contributed by atoms with van der Waals surface area (Å²) in [6.45, 7) is 0.0518. The minimum atomic E-state index is -1.16. The van der Waals surface area contributed by atoms with E-state index in [1.165, 1.54) is 12.1 Å². The van der Waals surface area contributed by atoms with Gasteiger partial charge in [0.25, 0.3) is 5.56 Å². The van der Waals surface area contributed by atoms with Crippen LogP contribution in [0.3, 0.4) is 0 Å². The highest BCUT2D eigenvalue weighted by molar-refractivity contribution is 5.91. The molecule has 7 nitrogen and oxygen atoms in total. The number of aromatic nitrogens is 1. The predicted octanol–water partition coefficient (Wildman–Crippen LogP) is 3.21. The number of pyridine rings is 1. The topological polar surface area (TPSA) is 107 Å². The lowest BCUT2D eigenvalue weighted by Gasteiger charge is -2.27. The van der Waals surface area contributed by atoms with Crippen LogP contribution in [0.15, 0.2) is 35.1 Å². The summed E-state index contributed by atoms with van der Waals surface area (Å²) in [7, 11) is 0. The monoisotopic (exact) mass is 414 g/mol. The van der Waals surface area contributed by atoms with E-state index >= 15 is 0 Å². The Kier molecular flexibility index (Phi) is 4.89. The predicted molar refractivity (Wildman–Crippen MR) is 100 cm³/mol. The van der Waals surface area contributed by atoms with Gasteiger partial charge in [-0.3, -0.25) is 4.79 Å². The van der Waals surface area contributed by atoms with Crippen molar-refractivity contribution in [2.45, 2.75) is 12.6 Å². The summed E-state index contributed by atoms with van der Waals surface area (Å²) < 4.78 is 46.3. The van der Waals surface area contributed by atoms with E-state index in [1.807, 2.05) is 0 Å². The van der Waals surface area contributed by atoms with Gasteiger partial charge in [0, 0.05) is 16.9 Å². The average molecular weight is 414 g/mol. The first-order chi connectivity index (χ1) is 14.4. The molecular formula is C20H13F3N4O3. The fourth-order valence-corrected chi connectivity index (χ4v) is 3.39. The minimum Gasteiger partial charge on any atom is -0.373 e. The van der Waals surface area contributed by atoms with Crippen LogP contribution in [-0.4, -0.2) is 17.6 Å². The number of nitrogens with one attached hydrogen (secondary N) is 3. The highest BCUT2D eigenvalue weighted by atomic mass is 19.2. The number of carbonyl (C=O) groups is 1. The molecule has 0 saturated carbocycles. The number of anilines is 1. The van der Waals surface area contributed by atoms with Crippen molar-refractivity contribution in [3.05, 3.63) is 75.0 Å². The fourth-order valence-electron chi connectivity index (χ4n) is 3.39. The lowest BCUT2D eigenvalue weighted by Crippen LogP contribution is -2.38. The maximum Gasteiger partial charge on any atom is 0.319 e. The Morgan fingerprint density at radius 1 is 1.13 bits per heavy atom. The summed E-state index contributed by atoms with van der Waals surface area (Å²) >= 11 is 0. The van der Waals surface area contributed by atoms with Gasteiger partial charge in [-0.15, -0.1) is 0 Å². The Balaban J connectivity index is 1.67. The average Bonchev–Trinajstić information content (AvgIpc) is 2.71. The summed E-state index contributed by atoms with van der Waals surface area (Å²) in [4.78, 5) is 27.2. The van der Waals surface area contributed by atoms with E-state index in [0.717, 1.165) is 18.2 Å². The van der Waals surface area contributed by atoms with Crippen molar-refractivity contribution in [2.24, 2.45) is 0 Å². The van der Waals surface area contributed by atoms with Crippen LogP contribution in [0.2, 0.25) is 0 Å². The number of aromatic amines is 1. The normalized spacial score (nSPS) is 15.3. The van der Waals surface area contributed by atoms with Crippen molar-refractivity contribution >= 4 is 22.5 Å². The standard InChI is InChI=1S/C20H13F3N4O3/c21-13-2-1-10(3-9(13)6-24)25-20(29)27-17-8-30-7-16-18(17)11-4-14(22)15(23)5-12(11)19(28)26-16/h1-5,17H,7-8H2,(H,26,28)(H2,25,27,29)/t17-/m0/s1. The molecule has 1 aromatic heterocycles. The van der Waals surface area contributed by atoms with Gasteiger partial charge in [0.05, 0.1) is 30.2 Å². The number of hydrogen-bond donors (Lipinski definition) is 3. The minimum absolute atomic E-state index is 0.0213. The molecule has 152 valence electrons. The van der Waals surface area contributed by atoms with Crippen molar-refractivity contribution < 1.29 is 22.7 Å². The number of H-pyrrole nitrogens is 1. The van der Waals surface area contributed by atoms with Crippen molar-refractivity contribution in [3.63, 3.8) is 0 Å². The van der Waals surface area contributed by atoms with Crippen molar-refractivity contribution in [2.75, 3.05) is 11.9 Å². The highest BCUT2D eigenvalue weighted by Crippen LogP contribution is 2.30. The lowest BCUT2D eigenvalue weighted by atomic mass is 9.96. The van der Waals surface area contributed by atoms with Gasteiger partial charge in [-0.1, -0.05) is 0 Å². The molecule has 2 aromatic carbocycles. The van der Waals surface area contributed by atoms with Gasteiger partial charge in [0.2, 0.25) is 0 Å². The zero-order valence-corrected chi connectivity index (χ0v) is 15.2. The fraction of sp³-hybridized carbons (Fsp3) is 0.150. The van der Waals surface area contributed by atoms with Gasteiger partial charge < -0.3 is 20.4 Å². The zero-order valence-electron chi connectivity index (χ0n) is 15.2. The number of urea groups is 1. The first-order valence-corrected chi connectivity index (χ1v) is 8.76. The molecule has 2 amide bonds. The second kappa shape index (κ2) is 7.53. The molecular weight excluding hydrogens is 401 g/mol. The summed E-state index contributed by atoms with van der Waals surface area (Å²) in [5.41, 5.74) is 0.0825. The van der Waals surface area contributed by atoms with E-state index in [4.69, 9.17) is 10.00 Å². The Labute approximate surface area is 167 Å². The Bertz CT molecular complexity index is 1280. The maximum atomic E-state index is 13.9. The largest absolute Gasteiger partial charge is 0.373 e. The third-order valence-corrected chi connectivity index (χ3v) is 4.71. The third-order valence-electron chi connectivity index (χ3n) is 4.71. The van der Waals surface area contributed by atoms with Crippen molar-refractivity contribution in [1.29, 1.82) is 5.26 Å². The number of halogens is 3. The van der Waals surface area contributed by atoms with Crippen LogP contribution >= 0.6 is 0 Å². The number of fused-ring (bicyclic) bond motifs is 3. The Morgan fingerprint density at radius 2 is 1.87 bits per heavy atom. The Hall–Kier alpha value is -3.84. The van der Waals surface area contributed by atoms with Gasteiger partial charge in [-0.05, 0) is 35.7 Å². The molecule has 2 heterocycles. The zero-order chi connectivity index (χ0) is 21.4. The van der Waals surface area contributed by atoms with Gasteiger partial charge in [0.15, 0.2) is 11.6 Å². The van der Waals surface area contributed by atoms with E-state index in [2.05, 4.69) is 15.6 Å². The first kappa shape index (κ1) is 19.5. The number of carbonyl (C=O) groups excluding carboxylic acids is 1. The highest BCUT2D eigenvalue weighted by Gasteiger charge is 2.27. The van der Waals surface area contributed by atoms with E-state index in [0.29, 0.717) is 11.3 Å². The molecule has 0 spiro atoms. The number of amides is 2. The van der Waals surface area contributed by atoms with Crippen molar-refractivity contribution in [1.82, 2.24) is 10.3 Å². The van der Waals surface area contributed by atoms with Crippen LogP contribution in [0.5, 0.6) is 0 Å². The molecule has 3 aromatic rings. The lowest BCUT2D eigenvalue weighted by molar-refractivity contribution is 0.0826. The van der Waals surface area contributed by atoms with Crippen LogP contribution in [-0.2, 0) is 11.3 Å². The summed E-state index contributed by atoms with van der Waals surface area (Å²) in [6, 6.07) is 5.40. The quantitative estimate of drug-likeness (QED) is 0.599. The molecule has 30 heavy (non-hydrogen) atoms. The van der Waals surface area contributed by atoms with E-state index in [9.17, 15) is 22.8 Å². The molecule has 1 atom stereocenters. The van der Waals surface area contributed by atoms with Crippen LogP contribution in [0, 0.1) is 28.8 Å². The van der Waals surface area contributed by atoms with E-state index < -0.39 is 35.1 Å². The summed E-state index contributed by atoms with van der Waals surface area (Å²) in [6.07, 6.45) is 0. The number of nitrogens with zero attached hydrogens (tertiary/aromatic N) is 1. The molecule has 10 heteroatoms. The van der Waals surface area contributed by atoms with Crippen LogP contribution in [0.4, 0.5) is 23.7 Å². The molecule has 0 radical (unpaired) electrons. The SMILES string of the molecule is N#Cc1cc(NC(=O)N[C@H]2COCc3[nH]c(=O)c4cc(F)c(F)cc4c32)ccc1F. The van der Waals surface area contributed by atoms with E-state index in [-0.39, 0.29) is 35.2 Å². The van der Waals surface area contributed by atoms with Crippen LogP contribution < -0.4 is 16.2 Å². The van der Waals surface area contributed by atoms with E-state index in [1.54, 1.807) is 6.07 Å². The number of ether oxygens (including phenoxy) is 1. The number of benzene rings is 2. The molecule has 0 aliphatic carbocycles. The second-order valence-corrected chi connectivity index (χ2v) is 6.63. The molecule has 0 bridgehead atoms. The summed E-state index contributed by atoms with van der Waals surface area (Å²) in [5.74, 6) is -3.00. The molecule has 3 N–H and O–H groups in total. The van der Waals surface area contributed by atoms with Crippen molar-refractivity contribution in [3.8, 4) is 6.07 Å². The van der Waals surface area contributed by atoms with Crippen LogP contribution in [0.1, 0.15) is 22.9 Å². The second-order valence-electron chi connectivity index (χ2n) is 6.63. The molecule has 4 rings (SSSR count). The number of nitriles is 1. The van der Waals surface area contributed by atoms with Gasteiger partial charge >= 0.3 is 6.03 Å². The molecule has 0 fully saturated rings. The maximum absolute atomic E-state index is 13.9. The third kappa shape index (κ3) is 3.46. The van der Waals surface area contributed by atoms with Gasteiger partial charge in [0.1, 0.15) is 11.9 Å². The van der Waals surface area contributed by atoms with Gasteiger partial charge in [-0.2, -0.15) is 5.26 Å². The first-order valence-electron chi connectivity index (χ1n) is 8.76. The molecule has 1 aliphatic heterocycles. The molecule has 0 saturated heterocycles. The van der Waals surface area contributed by atoms with Gasteiger partial charge in [-0.25, -0.2) is 18.0 Å². The summed E-state index contributed by atoms with van der Waals surface area (Å²) in [5, 5.41) is 14.1. The molecule has 0 unspecified atom stereocenters. The molecule has 1 aliphatic rings.